The maximum absolute atomic E-state index is 12.2. The normalized spacial score (nSPS) is 13.0. The second-order valence-electron chi connectivity index (χ2n) is 5.44. The van der Waals surface area contributed by atoms with Crippen LogP contribution in [-0.4, -0.2) is 5.91 Å². The number of nitrogens with one attached hydrogen (secondary N) is 2. The van der Waals surface area contributed by atoms with Crippen LogP contribution in [0.15, 0.2) is 42.5 Å². The first-order valence-electron chi connectivity index (χ1n) is 7.45. The molecule has 3 rings (SSSR count). The molecule has 0 unspecified atom stereocenters. The Labute approximate surface area is 125 Å². The van der Waals surface area contributed by atoms with Gasteiger partial charge in [-0.05, 0) is 40.8 Å². The molecule has 0 saturated heterocycles. The summed E-state index contributed by atoms with van der Waals surface area (Å²) in [5, 5.41) is 6.28. The maximum atomic E-state index is 12.2. The second-order valence-corrected chi connectivity index (χ2v) is 5.44. The molecule has 2 aromatic rings. The van der Waals surface area contributed by atoms with Crippen molar-refractivity contribution in [3.8, 4) is 0 Å². The van der Waals surface area contributed by atoms with Crippen LogP contribution in [0.4, 0.5) is 0 Å². The number of rotatable bonds is 4. The standard InChI is InChI=1S/C18H20N2O/c1-2-13-3-5-14(6-4-13)10-20-18(21)15-7-8-16-11-19-12-17(16)9-15/h3-9,19H,2,10-12H2,1H3,(H,20,21). The molecule has 3 heteroatoms. The number of carbonyl (C=O) groups excluding carboxylic acids is 1. The number of carbonyl (C=O) groups is 1. The van der Waals surface area contributed by atoms with Gasteiger partial charge in [0.05, 0.1) is 0 Å². The van der Waals surface area contributed by atoms with Crippen LogP contribution in [0.25, 0.3) is 0 Å². The Morgan fingerprint density at radius 1 is 1.05 bits per heavy atom. The number of hydrogen-bond acceptors (Lipinski definition) is 2. The number of fused-ring (bicyclic) bond motifs is 1. The van der Waals surface area contributed by atoms with E-state index in [9.17, 15) is 4.79 Å². The monoisotopic (exact) mass is 280 g/mol. The van der Waals surface area contributed by atoms with E-state index in [2.05, 4.69) is 41.8 Å². The van der Waals surface area contributed by atoms with E-state index >= 15 is 0 Å². The van der Waals surface area contributed by atoms with Gasteiger partial charge in [-0.25, -0.2) is 0 Å². The zero-order valence-corrected chi connectivity index (χ0v) is 12.3. The predicted octanol–water partition coefficient (Wildman–Crippen LogP) is 2.78. The van der Waals surface area contributed by atoms with Crippen molar-refractivity contribution in [3.05, 3.63) is 70.3 Å². The van der Waals surface area contributed by atoms with Crippen LogP contribution in [0.5, 0.6) is 0 Å². The molecule has 0 fully saturated rings. The first-order valence-corrected chi connectivity index (χ1v) is 7.45. The quantitative estimate of drug-likeness (QED) is 0.904. The molecule has 0 aromatic heterocycles. The zero-order valence-electron chi connectivity index (χ0n) is 12.3. The van der Waals surface area contributed by atoms with Crippen LogP contribution < -0.4 is 10.6 Å². The van der Waals surface area contributed by atoms with Crippen LogP contribution in [0.3, 0.4) is 0 Å². The molecule has 1 aliphatic rings. The molecule has 0 aliphatic carbocycles. The number of amides is 1. The van der Waals surface area contributed by atoms with E-state index < -0.39 is 0 Å². The molecule has 0 atom stereocenters. The topological polar surface area (TPSA) is 41.1 Å². The van der Waals surface area contributed by atoms with Crippen molar-refractivity contribution in [1.82, 2.24) is 10.6 Å². The molecule has 0 radical (unpaired) electrons. The van der Waals surface area contributed by atoms with Crippen LogP contribution >= 0.6 is 0 Å². The minimum atomic E-state index is -0.00994. The first-order chi connectivity index (χ1) is 10.3. The fourth-order valence-electron chi connectivity index (χ4n) is 2.61. The van der Waals surface area contributed by atoms with E-state index in [0.29, 0.717) is 6.54 Å². The van der Waals surface area contributed by atoms with Crippen molar-refractivity contribution >= 4 is 5.91 Å². The Morgan fingerprint density at radius 2 is 1.76 bits per heavy atom. The minimum Gasteiger partial charge on any atom is -0.348 e. The molecule has 0 bridgehead atoms. The molecule has 1 aliphatic heterocycles. The minimum absolute atomic E-state index is 0.00994. The highest BCUT2D eigenvalue weighted by Gasteiger charge is 2.13. The summed E-state index contributed by atoms with van der Waals surface area (Å²) in [5.74, 6) is -0.00994. The molecule has 3 nitrogen and oxygen atoms in total. The van der Waals surface area contributed by atoms with Crippen molar-refractivity contribution in [2.45, 2.75) is 33.0 Å². The molecular formula is C18H20N2O. The van der Waals surface area contributed by atoms with E-state index in [4.69, 9.17) is 0 Å². The van der Waals surface area contributed by atoms with Crippen LogP contribution in [-0.2, 0) is 26.1 Å². The van der Waals surface area contributed by atoms with Crippen molar-refractivity contribution in [2.75, 3.05) is 0 Å². The number of hydrogen-bond donors (Lipinski definition) is 2. The van der Waals surface area contributed by atoms with Crippen LogP contribution in [0.1, 0.15) is 39.5 Å². The fourth-order valence-corrected chi connectivity index (χ4v) is 2.61. The Balaban J connectivity index is 1.63. The maximum Gasteiger partial charge on any atom is 0.251 e. The van der Waals surface area contributed by atoms with Gasteiger partial charge in [-0.15, -0.1) is 0 Å². The molecule has 108 valence electrons. The largest absolute Gasteiger partial charge is 0.348 e. The first kappa shape index (κ1) is 13.8. The highest BCUT2D eigenvalue weighted by atomic mass is 16.1. The van der Waals surface area contributed by atoms with Crippen molar-refractivity contribution in [2.24, 2.45) is 0 Å². The van der Waals surface area contributed by atoms with Gasteiger partial charge < -0.3 is 10.6 Å². The average Bonchev–Trinajstić information content (AvgIpc) is 3.00. The third-order valence-electron chi connectivity index (χ3n) is 3.98. The molecule has 1 amide bonds. The van der Waals surface area contributed by atoms with E-state index in [1.807, 2.05) is 18.2 Å². The van der Waals surface area contributed by atoms with E-state index in [-0.39, 0.29) is 5.91 Å². The average molecular weight is 280 g/mol. The predicted molar refractivity (Wildman–Crippen MR) is 84.0 cm³/mol. The van der Waals surface area contributed by atoms with E-state index in [0.717, 1.165) is 30.6 Å². The molecule has 0 saturated carbocycles. The fraction of sp³-hybridized carbons (Fsp3) is 0.278. The van der Waals surface area contributed by atoms with Gasteiger partial charge in [-0.3, -0.25) is 4.79 Å². The zero-order chi connectivity index (χ0) is 14.7. The highest BCUT2D eigenvalue weighted by Crippen LogP contribution is 2.17. The molecular weight excluding hydrogens is 260 g/mol. The summed E-state index contributed by atoms with van der Waals surface area (Å²) in [6.45, 7) is 4.47. The van der Waals surface area contributed by atoms with E-state index in [1.165, 1.54) is 16.7 Å². The lowest BCUT2D eigenvalue weighted by Crippen LogP contribution is -2.22. The molecule has 1 heterocycles. The van der Waals surface area contributed by atoms with E-state index in [1.54, 1.807) is 0 Å². The number of benzene rings is 2. The highest BCUT2D eigenvalue weighted by molar-refractivity contribution is 5.94. The summed E-state index contributed by atoms with van der Waals surface area (Å²) < 4.78 is 0. The molecule has 2 N–H and O–H groups in total. The van der Waals surface area contributed by atoms with Gasteiger partial charge in [-0.1, -0.05) is 37.3 Å². The van der Waals surface area contributed by atoms with Crippen molar-refractivity contribution in [1.29, 1.82) is 0 Å². The van der Waals surface area contributed by atoms with Gasteiger partial charge in [0, 0.05) is 25.2 Å². The summed E-state index contributed by atoms with van der Waals surface area (Å²) >= 11 is 0. The smallest absolute Gasteiger partial charge is 0.251 e. The SMILES string of the molecule is CCc1ccc(CNC(=O)c2ccc3c(c2)CNC3)cc1. The van der Waals surface area contributed by atoms with Gasteiger partial charge in [0.2, 0.25) is 0 Å². The summed E-state index contributed by atoms with van der Waals surface area (Å²) in [4.78, 5) is 12.2. The van der Waals surface area contributed by atoms with Gasteiger partial charge in [0.25, 0.3) is 5.91 Å². The van der Waals surface area contributed by atoms with Gasteiger partial charge in [0.15, 0.2) is 0 Å². The summed E-state index contributed by atoms with van der Waals surface area (Å²) in [5.41, 5.74) is 5.71. The van der Waals surface area contributed by atoms with Crippen molar-refractivity contribution < 1.29 is 4.79 Å². The summed E-state index contributed by atoms with van der Waals surface area (Å²) in [6.07, 6.45) is 1.04. The molecule has 2 aromatic carbocycles. The third-order valence-corrected chi connectivity index (χ3v) is 3.98. The molecule has 0 spiro atoms. The Morgan fingerprint density at radius 3 is 2.52 bits per heavy atom. The lowest BCUT2D eigenvalue weighted by Gasteiger charge is -2.07. The third kappa shape index (κ3) is 3.14. The second kappa shape index (κ2) is 6.10. The summed E-state index contributed by atoms with van der Waals surface area (Å²) in [6, 6.07) is 14.3. The molecule has 21 heavy (non-hydrogen) atoms. The van der Waals surface area contributed by atoms with Gasteiger partial charge in [0.1, 0.15) is 0 Å². The van der Waals surface area contributed by atoms with Gasteiger partial charge >= 0.3 is 0 Å². The lowest BCUT2D eigenvalue weighted by molar-refractivity contribution is 0.0951. The lowest BCUT2D eigenvalue weighted by atomic mass is 10.1. The van der Waals surface area contributed by atoms with Crippen LogP contribution in [0, 0.1) is 0 Å². The van der Waals surface area contributed by atoms with Crippen LogP contribution in [0.2, 0.25) is 0 Å². The Kier molecular flexibility index (Phi) is 4.02. The number of aryl methyl sites for hydroxylation is 1. The van der Waals surface area contributed by atoms with Crippen molar-refractivity contribution in [3.63, 3.8) is 0 Å². The van der Waals surface area contributed by atoms with Gasteiger partial charge in [-0.2, -0.15) is 0 Å². The summed E-state index contributed by atoms with van der Waals surface area (Å²) in [7, 11) is 0. The Hall–Kier alpha value is -2.13. The Bertz CT molecular complexity index is 647.